The van der Waals surface area contributed by atoms with E-state index < -0.39 is 0 Å². The van der Waals surface area contributed by atoms with Crippen LogP contribution in [0.5, 0.6) is 5.75 Å². The average Bonchev–Trinajstić information content (AvgIpc) is 2.46. The molecule has 6 heteroatoms. The summed E-state index contributed by atoms with van der Waals surface area (Å²) in [5.41, 5.74) is 4.05. The molecule has 0 aliphatic carbocycles. The summed E-state index contributed by atoms with van der Waals surface area (Å²) in [5, 5.41) is 0. The topological polar surface area (TPSA) is 59.8 Å². The van der Waals surface area contributed by atoms with Gasteiger partial charge in [-0.1, -0.05) is 15.9 Å². The summed E-state index contributed by atoms with van der Waals surface area (Å²) in [6.07, 6.45) is 0.879. The summed E-state index contributed by atoms with van der Waals surface area (Å²) in [5.74, 6) is 6.57. The smallest absolute Gasteiger partial charge is 0.119 e. The number of likely N-dealkylation sites (N-methyl/N-ethyl adjacent to an activating group) is 1. The number of morpholine rings is 1. The Labute approximate surface area is 128 Å². The van der Waals surface area contributed by atoms with Gasteiger partial charge >= 0.3 is 0 Å². The SMILES string of the molecule is COc1ccc(Br)c(CC(NN)C2CN(C)CCO2)c1. The van der Waals surface area contributed by atoms with Crippen LogP contribution in [-0.2, 0) is 11.2 Å². The molecule has 2 rings (SSSR count). The number of halogens is 1. The predicted molar refractivity (Wildman–Crippen MR) is 82.7 cm³/mol. The highest BCUT2D eigenvalue weighted by Gasteiger charge is 2.26. The second-order valence-electron chi connectivity index (χ2n) is 5.11. The fourth-order valence-electron chi connectivity index (χ4n) is 2.42. The van der Waals surface area contributed by atoms with E-state index in [1.807, 2.05) is 18.2 Å². The van der Waals surface area contributed by atoms with Crippen LogP contribution in [0.1, 0.15) is 5.56 Å². The van der Waals surface area contributed by atoms with Crippen molar-refractivity contribution in [3.63, 3.8) is 0 Å². The van der Waals surface area contributed by atoms with Crippen LogP contribution in [0.2, 0.25) is 0 Å². The highest BCUT2D eigenvalue weighted by molar-refractivity contribution is 9.10. The van der Waals surface area contributed by atoms with Crippen molar-refractivity contribution in [1.29, 1.82) is 0 Å². The molecule has 1 aromatic rings. The van der Waals surface area contributed by atoms with Crippen molar-refractivity contribution in [2.24, 2.45) is 5.84 Å². The Morgan fingerprint density at radius 1 is 1.60 bits per heavy atom. The van der Waals surface area contributed by atoms with Crippen molar-refractivity contribution < 1.29 is 9.47 Å². The quantitative estimate of drug-likeness (QED) is 0.620. The molecule has 5 nitrogen and oxygen atoms in total. The summed E-state index contributed by atoms with van der Waals surface area (Å²) >= 11 is 3.58. The molecule has 1 aliphatic rings. The number of benzene rings is 1. The molecule has 1 saturated heterocycles. The van der Waals surface area contributed by atoms with Crippen LogP contribution in [0.25, 0.3) is 0 Å². The zero-order valence-electron chi connectivity index (χ0n) is 11.9. The van der Waals surface area contributed by atoms with E-state index in [4.69, 9.17) is 15.3 Å². The standard InChI is InChI=1S/C14H22BrN3O2/c1-18-5-6-20-14(9-18)13(17-16)8-10-7-11(19-2)3-4-12(10)15/h3-4,7,13-14,17H,5-6,8-9,16H2,1-2H3. The molecular weight excluding hydrogens is 322 g/mol. The number of hydrogen-bond donors (Lipinski definition) is 2. The second kappa shape index (κ2) is 7.38. The first-order chi connectivity index (χ1) is 9.63. The van der Waals surface area contributed by atoms with E-state index in [0.29, 0.717) is 0 Å². The van der Waals surface area contributed by atoms with Crippen LogP contribution in [0.3, 0.4) is 0 Å². The van der Waals surface area contributed by atoms with Gasteiger partial charge in [0.25, 0.3) is 0 Å². The zero-order valence-corrected chi connectivity index (χ0v) is 13.5. The largest absolute Gasteiger partial charge is 0.497 e. The minimum absolute atomic E-state index is 0.0705. The van der Waals surface area contributed by atoms with E-state index in [-0.39, 0.29) is 12.1 Å². The highest BCUT2D eigenvalue weighted by Crippen LogP contribution is 2.24. The minimum atomic E-state index is 0.0705. The summed E-state index contributed by atoms with van der Waals surface area (Å²) < 4.78 is 12.2. The van der Waals surface area contributed by atoms with Gasteiger partial charge in [-0.25, -0.2) is 0 Å². The Balaban J connectivity index is 2.09. The zero-order chi connectivity index (χ0) is 14.5. The fourth-order valence-corrected chi connectivity index (χ4v) is 2.83. The fraction of sp³-hybridized carbons (Fsp3) is 0.571. The molecule has 20 heavy (non-hydrogen) atoms. The lowest BCUT2D eigenvalue weighted by Gasteiger charge is -2.35. The first kappa shape index (κ1) is 15.7. The van der Waals surface area contributed by atoms with E-state index in [0.717, 1.165) is 41.9 Å². The number of hydrogen-bond acceptors (Lipinski definition) is 5. The monoisotopic (exact) mass is 343 g/mol. The molecule has 0 radical (unpaired) electrons. The molecule has 1 fully saturated rings. The van der Waals surface area contributed by atoms with Crippen LogP contribution in [-0.4, -0.2) is 50.9 Å². The average molecular weight is 344 g/mol. The second-order valence-corrected chi connectivity index (χ2v) is 5.96. The highest BCUT2D eigenvalue weighted by atomic mass is 79.9. The minimum Gasteiger partial charge on any atom is -0.497 e. The molecule has 0 aromatic heterocycles. The molecule has 1 aromatic carbocycles. The van der Waals surface area contributed by atoms with E-state index in [9.17, 15) is 0 Å². The molecule has 0 spiro atoms. The summed E-state index contributed by atoms with van der Waals surface area (Å²) in [4.78, 5) is 2.26. The Morgan fingerprint density at radius 2 is 2.40 bits per heavy atom. The van der Waals surface area contributed by atoms with Gasteiger partial charge in [0.1, 0.15) is 5.75 Å². The number of nitrogens with zero attached hydrogens (tertiary/aromatic N) is 1. The normalized spacial score (nSPS) is 21.7. The number of hydrazine groups is 1. The third kappa shape index (κ3) is 3.93. The Morgan fingerprint density at radius 3 is 3.05 bits per heavy atom. The van der Waals surface area contributed by atoms with Crippen molar-refractivity contribution in [2.45, 2.75) is 18.6 Å². The van der Waals surface area contributed by atoms with Crippen LogP contribution >= 0.6 is 15.9 Å². The molecule has 112 valence electrons. The maximum atomic E-state index is 5.84. The number of rotatable bonds is 5. The Bertz CT molecular complexity index is 444. The number of nitrogens with one attached hydrogen (secondary N) is 1. The van der Waals surface area contributed by atoms with Gasteiger partial charge in [0.2, 0.25) is 0 Å². The van der Waals surface area contributed by atoms with E-state index in [2.05, 4.69) is 33.3 Å². The molecule has 2 unspecified atom stereocenters. The maximum Gasteiger partial charge on any atom is 0.119 e. The first-order valence-electron chi connectivity index (χ1n) is 6.72. The molecule has 3 N–H and O–H groups in total. The lowest BCUT2D eigenvalue weighted by atomic mass is 10.0. The maximum absolute atomic E-state index is 5.84. The van der Waals surface area contributed by atoms with Gasteiger partial charge in [-0.2, -0.15) is 0 Å². The molecule has 0 bridgehead atoms. The van der Waals surface area contributed by atoms with Gasteiger partial charge < -0.3 is 14.4 Å². The van der Waals surface area contributed by atoms with Crippen molar-refractivity contribution >= 4 is 15.9 Å². The van der Waals surface area contributed by atoms with Crippen LogP contribution in [0, 0.1) is 0 Å². The van der Waals surface area contributed by atoms with Gasteiger partial charge in [0.05, 0.1) is 25.9 Å². The van der Waals surface area contributed by atoms with Crippen molar-refractivity contribution in [1.82, 2.24) is 10.3 Å². The molecular formula is C14H22BrN3O2. The summed E-state index contributed by atoms with van der Waals surface area (Å²) in [6, 6.07) is 6.03. The van der Waals surface area contributed by atoms with Crippen LogP contribution in [0.15, 0.2) is 22.7 Å². The Kier molecular flexibility index (Phi) is 5.80. The molecule has 0 amide bonds. The van der Waals surface area contributed by atoms with Crippen molar-refractivity contribution in [2.75, 3.05) is 33.9 Å². The van der Waals surface area contributed by atoms with Gasteiger partial charge in [-0.05, 0) is 37.2 Å². The lowest BCUT2D eigenvalue weighted by Crippen LogP contribution is -2.54. The van der Waals surface area contributed by atoms with Gasteiger partial charge in [0.15, 0.2) is 0 Å². The third-order valence-electron chi connectivity index (χ3n) is 3.65. The Hall–Kier alpha value is -0.660. The number of nitrogens with two attached hydrogens (primary N) is 1. The van der Waals surface area contributed by atoms with Crippen molar-refractivity contribution in [3.8, 4) is 5.75 Å². The van der Waals surface area contributed by atoms with E-state index in [1.54, 1.807) is 7.11 Å². The first-order valence-corrected chi connectivity index (χ1v) is 7.52. The van der Waals surface area contributed by atoms with Gasteiger partial charge in [0, 0.05) is 17.6 Å². The van der Waals surface area contributed by atoms with Crippen LogP contribution in [0.4, 0.5) is 0 Å². The summed E-state index contributed by atoms with van der Waals surface area (Å²) in [6.45, 7) is 2.60. The predicted octanol–water partition coefficient (Wildman–Crippen LogP) is 1.16. The number of ether oxygens (including phenoxy) is 2. The third-order valence-corrected chi connectivity index (χ3v) is 4.43. The number of methoxy groups -OCH3 is 1. The van der Waals surface area contributed by atoms with Gasteiger partial charge in [-0.3, -0.25) is 11.3 Å². The lowest BCUT2D eigenvalue weighted by molar-refractivity contribution is -0.0384. The van der Waals surface area contributed by atoms with Crippen molar-refractivity contribution in [3.05, 3.63) is 28.2 Å². The van der Waals surface area contributed by atoms with Crippen LogP contribution < -0.4 is 16.0 Å². The molecule has 1 aliphatic heterocycles. The molecule has 0 saturated carbocycles. The summed E-state index contributed by atoms with van der Waals surface area (Å²) in [7, 11) is 3.77. The molecule has 2 atom stereocenters. The molecule has 1 heterocycles. The van der Waals surface area contributed by atoms with Gasteiger partial charge in [-0.15, -0.1) is 0 Å². The van der Waals surface area contributed by atoms with E-state index in [1.165, 1.54) is 0 Å². The van der Waals surface area contributed by atoms with E-state index >= 15 is 0 Å².